The third-order valence-electron chi connectivity index (χ3n) is 15.1. The minimum Gasteiger partial charge on any atom is -0.235 e. The average Bonchev–Trinajstić information content (AvgIpc) is 3.87. The van der Waals surface area contributed by atoms with Gasteiger partial charge in [0, 0.05) is 35.8 Å². The average molecular weight is 827 g/mol. The van der Waals surface area contributed by atoms with E-state index in [1.807, 2.05) is 11.3 Å². The summed E-state index contributed by atoms with van der Waals surface area (Å²) in [6, 6.07) is 31.4. The maximum atomic E-state index is 4.98. The van der Waals surface area contributed by atoms with Crippen LogP contribution in [0.15, 0.2) is 91.3 Å². The molecule has 3 aromatic heterocycles. The zero-order valence-electron chi connectivity index (χ0n) is 38.9. The molecular formula is C46H41B13N2S2. The Hall–Kier alpha value is -5.10. The highest BCUT2D eigenvalue weighted by atomic mass is 32.1. The zero-order chi connectivity index (χ0) is 44.3. The number of fused-ring (bicyclic) bond motifs is 6. The Balaban J connectivity index is 1.11. The first-order valence-corrected chi connectivity index (χ1v) is 23.8. The lowest BCUT2D eigenvalue weighted by molar-refractivity contribution is 1.24. The highest BCUT2D eigenvalue weighted by Gasteiger charge is 2.25. The molecule has 0 aliphatic rings. The molecule has 63 heavy (non-hydrogen) atoms. The van der Waals surface area contributed by atoms with E-state index in [2.05, 4.69) is 187 Å². The molecule has 0 aliphatic heterocycles. The van der Waals surface area contributed by atoms with Gasteiger partial charge >= 0.3 is 0 Å². The minimum absolute atomic E-state index is 0.982. The summed E-state index contributed by atoms with van der Waals surface area (Å²) in [4.78, 5) is 9.94. The van der Waals surface area contributed by atoms with Crippen LogP contribution >= 0.6 is 22.7 Å². The van der Waals surface area contributed by atoms with Gasteiger partial charge in [0.2, 0.25) is 0 Å². The molecule has 0 atom stereocenters. The summed E-state index contributed by atoms with van der Waals surface area (Å²) in [5, 5.41) is 3.81. The summed E-state index contributed by atoms with van der Waals surface area (Å²) in [5.41, 5.74) is 31.6. The largest absolute Gasteiger partial charge is 0.235 e. The number of thiophene rings is 2. The summed E-state index contributed by atoms with van der Waals surface area (Å²) in [5.74, 6) is 0. The van der Waals surface area contributed by atoms with Gasteiger partial charge in [-0.15, -0.1) is 44.5 Å². The first-order chi connectivity index (χ1) is 30.2. The molecular weight excluding hydrogens is 785 g/mol. The standard InChI is InChI=1S/C46H41B13N2S2/c47-30-25(31(48)39(56)36(53)26(30)27-32(49)34(51)28(35(52)33(27)50)29-37(54)40(57)42(59)41(58)38(29)55)17-11-12-24-22(14-17)44-46(63-24)43(60-15-61-44)18-6-3-5-16(13-18)19-8-4-9-21-20-7-1-2-10-23(20)62-45(19)21/h1-15H,47-59H2. The molecule has 0 spiro atoms. The lowest BCUT2D eigenvalue weighted by Crippen LogP contribution is -2.57. The van der Waals surface area contributed by atoms with Gasteiger partial charge in [-0.05, 0) is 68.8 Å². The Morgan fingerprint density at radius 2 is 0.825 bits per heavy atom. The van der Waals surface area contributed by atoms with Crippen LogP contribution in [0.1, 0.15) is 0 Å². The zero-order valence-corrected chi connectivity index (χ0v) is 40.5. The van der Waals surface area contributed by atoms with Gasteiger partial charge in [-0.1, -0.05) is 110 Å². The molecule has 0 N–H and O–H groups in total. The van der Waals surface area contributed by atoms with E-state index in [9.17, 15) is 0 Å². The monoisotopic (exact) mass is 828 g/mol. The van der Waals surface area contributed by atoms with Gasteiger partial charge in [-0.2, -0.15) is 0 Å². The van der Waals surface area contributed by atoms with Crippen molar-refractivity contribution in [3.05, 3.63) is 91.3 Å². The molecule has 7 aromatic carbocycles. The van der Waals surface area contributed by atoms with Crippen LogP contribution < -0.4 is 71.0 Å². The maximum absolute atomic E-state index is 4.98. The molecule has 0 radical (unpaired) electrons. The molecule has 2 nitrogen and oxygen atoms in total. The quantitative estimate of drug-likeness (QED) is 0.162. The van der Waals surface area contributed by atoms with Crippen LogP contribution in [0.25, 0.3) is 96.2 Å². The van der Waals surface area contributed by atoms with Crippen molar-refractivity contribution in [3.8, 4) is 55.8 Å². The highest BCUT2D eigenvalue weighted by Crippen LogP contribution is 2.42. The van der Waals surface area contributed by atoms with Crippen molar-refractivity contribution in [1.29, 1.82) is 0 Å². The number of hydrogen-bond donors (Lipinski definition) is 0. The Labute approximate surface area is 390 Å². The number of benzene rings is 7. The van der Waals surface area contributed by atoms with Gasteiger partial charge < -0.3 is 0 Å². The third kappa shape index (κ3) is 6.31. The second-order valence-electron chi connectivity index (χ2n) is 18.1. The summed E-state index contributed by atoms with van der Waals surface area (Å²) in [7, 11) is 30.2. The van der Waals surface area contributed by atoms with Crippen molar-refractivity contribution in [1.82, 2.24) is 9.97 Å². The maximum Gasteiger partial charge on any atom is 0.140 e. The minimum atomic E-state index is 0.982. The summed E-state index contributed by atoms with van der Waals surface area (Å²) in [6.07, 6.45) is 1.75. The van der Waals surface area contributed by atoms with Gasteiger partial charge in [0.1, 0.15) is 108 Å². The summed E-state index contributed by atoms with van der Waals surface area (Å²) < 4.78 is 4.99. The lowest BCUT2D eigenvalue weighted by atomic mass is 9.54. The SMILES string of the molecule is Bc1c(B)c(B)c(-c2c(B)c(B)c(-c3c(B)c(B)c(B)c(-c4ccc5sc6c(-c7cccc(-c8cccc9c8sc8ccccc89)c7)ncnc6c5c4)c3B)c(B)c2B)c(B)c1B. The van der Waals surface area contributed by atoms with E-state index in [0.29, 0.717) is 0 Å². The molecule has 0 fully saturated rings. The highest BCUT2D eigenvalue weighted by molar-refractivity contribution is 7.26. The van der Waals surface area contributed by atoms with E-state index in [-0.39, 0.29) is 0 Å². The van der Waals surface area contributed by atoms with E-state index >= 15 is 0 Å². The van der Waals surface area contributed by atoms with Gasteiger partial charge in [-0.3, -0.25) is 0 Å². The molecule has 17 heteroatoms. The Morgan fingerprint density at radius 3 is 1.49 bits per heavy atom. The third-order valence-corrected chi connectivity index (χ3v) is 17.5. The number of aromatic nitrogens is 2. The lowest BCUT2D eigenvalue weighted by Gasteiger charge is -2.30. The molecule has 3 heterocycles. The Bertz CT molecular complexity index is 3580. The molecule has 10 rings (SSSR count). The van der Waals surface area contributed by atoms with Crippen LogP contribution in [0.3, 0.4) is 0 Å². The van der Waals surface area contributed by atoms with Crippen LogP contribution in [0.4, 0.5) is 0 Å². The van der Waals surface area contributed by atoms with E-state index in [0.717, 1.165) is 21.5 Å². The predicted molar refractivity (Wildman–Crippen MR) is 321 cm³/mol. The van der Waals surface area contributed by atoms with Crippen LogP contribution in [-0.4, -0.2) is 112 Å². The Morgan fingerprint density at radius 1 is 0.333 bits per heavy atom. The van der Waals surface area contributed by atoms with E-state index in [1.54, 1.807) is 17.7 Å². The fourth-order valence-electron chi connectivity index (χ4n) is 10.8. The summed E-state index contributed by atoms with van der Waals surface area (Å²) >= 11 is 3.67. The molecule has 0 aliphatic carbocycles. The van der Waals surface area contributed by atoms with Crippen molar-refractivity contribution in [2.75, 3.05) is 0 Å². The molecule has 0 saturated carbocycles. The van der Waals surface area contributed by atoms with Crippen molar-refractivity contribution in [3.63, 3.8) is 0 Å². The van der Waals surface area contributed by atoms with Crippen LogP contribution in [0, 0.1) is 0 Å². The van der Waals surface area contributed by atoms with Crippen molar-refractivity contribution in [2.45, 2.75) is 0 Å². The molecule has 286 valence electrons. The number of rotatable bonds is 5. The smallest absolute Gasteiger partial charge is 0.140 e. The van der Waals surface area contributed by atoms with Gasteiger partial charge in [0.05, 0.1) is 15.9 Å². The fourth-order valence-corrected chi connectivity index (χ4v) is 13.2. The van der Waals surface area contributed by atoms with Crippen molar-refractivity contribution in [2.24, 2.45) is 0 Å². The molecule has 0 amide bonds. The van der Waals surface area contributed by atoms with Crippen LogP contribution in [0.5, 0.6) is 0 Å². The van der Waals surface area contributed by atoms with Crippen LogP contribution in [0.2, 0.25) is 0 Å². The summed E-state index contributed by atoms with van der Waals surface area (Å²) in [6.45, 7) is 0. The normalized spacial score (nSPS) is 11.7. The van der Waals surface area contributed by atoms with E-state index in [1.165, 1.54) is 146 Å². The predicted octanol–water partition coefficient (Wildman–Crippen LogP) is -9.09. The van der Waals surface area contributed by atoms with Crippen molar-refractivity contribution >= 4 is 236 Å². The molecule has 10 aromatic rings. The van der Waals surface area contributed by atoms with E-state index < -0.39 is 0 Å². The van der Waals surface area contributed by atoms with Crippen molar-refractivity contribution < 1.29 is 0 Å². The molecule has 0 bridgehead atoms. The number of hydrogen-bond acceptors (Lipinski definition) is 4. The van der Waals surface area contributed by atoms with Gasteiger partial charge in [0.25, 0.3) is 0 Å². The van der Waals surface area contributed by atoms with Gasteiger partial charge in [-0.25, -0.2) is 9.97 Å². The second kappa shape index (κ2) is 15.6. The molecule has 0 unspecified atom stereocenters. The first kappa shape index (κ1) is 41.9. The fraction of sp³-hybridized carbons (Fsp3) is 0. The topological polar surface area (TPSA) is 25.8 Å². The first-order valence-electron chi connectivity index (χ1n) is 22.2. The second-order valence-corrected chi connectivity index (χ2v) is 20.2. The molecule has 0 saturated heterocycles. The van der Waals surface area contributed by atoms with Crippen LogP contribution in [-0.2, 0) is 0 Å². The Kier molecular flexibility index (Phi) is 10.3. The van der Waals surface area contributed by atoms with Gasteiger partial charge in [0.15, 0.2) is 0 Å². The number of nitrogens with zero attached hydrogens (tertiary/aromatic N) is 2. The van der Waals surface area contributed by atoms with E-state index in [4.69, 9.17) is 9.97 Å².